The van der Waals surface area contributed by atoms with Gasteiger partial charge in [0.05, 0.1) is 6.04 Å². The summed E-state index contributed by atoms with van der Waals surface area (Å²) in [5.41, 5.74) is 0. The fourth-order valence-corrected chi connectivity index (χ4v) is 1.79. The third-order valence-corrected chi connectivity index (χ3v) is 2.46. The van der Waals surface area contributed by atoms with E-state index in [2.05, 4.69) is 36.3 Å². The Morgan fingerprint density at radius 1 is 1.82 bits per heavy atom. The molecule has 1 aromatic rings. The molecule has 1 heterocycles. The van der Waals surface area contributed by atoms with E-state index in [1.54, 1.807) is 11.3 Å². The zero-order chi connectivity index (χ0) is 8.10. The van der Waals surface area contributed by atoms with Gasteiger partial charge >= 0.3 is 0 Å². The average Bonchev–Trinajstić information content (AvgIpc) is 2.52. The number of likely N-dealkylation sites (N-methyl/N-ethyl adjacent to an activating group) is 1. The van der Waals surface area contributed by atoms with Crippen molar-refractivity contribution < 1.29 is 0 Å². The van der Waals surface area contributed by atoms with E-state index in [4.69, 9.17) is 0 Å². The van der Waals surface area contributed by atoms with Gasteiger partial charge in [-0.25, -0.2) is 0 Å². The first-order valence-electron chi connectivity index (χ1n) is 3.77. The van der Waals surface area contributed by atoms with Crippen molar-refractivity contribution in [1.29, 1.82) is 0 Å². The van der Waals surface area contributed by atoms with Crippen molar-refractivity contribution in [3.63, 3.8) is 0 Å². The zero-order valence-electron chi connectivity index (χ0n) is 6.71. The van der Waals surface area contributed by atoms with Crippen LogP contribution in [0.25, 0.3) is 0 Å². The van der Waals surface area contributed by atoms with Gasteiger partial charge in [-0.15, -0.1) is 17.9 Å². The van der Waals surface area contributed by atoms with Gasteiger partial charge in [0.25, 0.3) is 0 Å². The molecule has 0 spiro atoms. The van der Waals surface area contributed by atoms with Gasteiger partial charge in [-0.05, 0) is 18.0 Å². The van der Waals surface area contributed by atoms with E-state index >= 15 is 0 Å². The molecular formula is C9H13NS. The average molecular weight is 167 g/mol. The van der Waals surface area contributed by atoms with Crippen LogP contribution in [0, 0.1) is 0 Å². The highest BCUT2D eigenvalue weighted by Gasteiger charge is 2.04. The fraction of sp³-hybridized carbons (Fsp3) is 0.333. The van der Waals surface area contributed by atoms with E-state index in [1.165, 1.54) is 4.88 Å². The van der Waals surface area contributed by atoms with E-state index in [0.717, 1.165) is 6.54 Å². The van der Waals surface area contributed by atoms with Gasteiger partial charge in [-0.3, -0.25) is 0 Å². The number of nitrogens with one attached hydrogen (secondary N) is 1. The van der Waals surface area contributed by atoms with E-state index in [-0.39, 0.29) is 0 Å². The van der Waals surface area contributed by atoms with Crippen LogP contribution < -0.4 is 5.32 Å². The van der Waals surface area contributed by atoms with Crippen molar-refractivity contribution in [3.05, 3.63) is 35.0 Å². The second-order valence-electron chi connectivity index (χ2n) is 2.29. The molecule has 0 aliphatic carbocycles. The Balaban J connectivity index is 2.63. The molecule has 0 aliphatic rings. The highest BCUT2D eigenvalue weighted by atomic mass is 32.1. The van der Waals surface area contributed by atoms with Crippen molar-refractivity contribution in [1.82, 2.24) is 5.32 Å². The molecule has 1 unspecified atom stereocenters. The largest absolute Gasteiger partial charge is 0.306 e. The van der Waals surface area contributed by atoms with Crippen LogP contribution in [0.1, 0.15) is 17.8 Å². The normalized spacial score (nSPS) is 12.8. The highest BCUT2D eigenvalue weighted by molar-refractivity contribution is 7.10. The van der Waals surface area contributed by atoms with Crippen molar-refractivity contribution >= 4 is 11.3 Å². The summed E-state index contributed by atoms with van der Waals surface area (Å²) in [6.45, 7) is 6.86. The van der Waals surface area contributed by atoms with Crippen molar-refractivity contribution in [2.24, 2.45) is 0 Å². The number of rotatable bonds is 4. The lowest BCUT2D eigenvalue weighted by Gasteiger charge is -2.09. The van der Waals surface area contributed by atoms with E-state index in [9.17, 15) is 0 Å². The first-order valence-corrected chi connectivity index (χ1v) is 4.65. The van der Waals surface area contributed by atoms with Crippen LogP contribution in [0.2, 0.25) is 0 Å². The van der Waals surface area contributed by atoms with Crippen LogP contribution in [0.3, 0.4) is 0 Å². The lowest BCUT2D eigenvalue weighted by Crippen LogP contribution is -2.17. The minimum atomic E-state index is 0.333. The molecule has 0 aliphatic heterocycles. The molecule has 60 valence electrons. The maximum atomic E-state index is 3.78. The van der Waals surface area contributed by atoms with Gasteiger partial charge in [-0.1, -0.05) is 19.1 Å². The monoisotopic (exact) mass is 167 g/mol. The lowest BCUT2D eigenvalue weighted by molar-refractivity contribution is 0.658. The predicted molar refractivity (Wildman–Crippen MR) is 50.9 cm³/mol. The van der Waals surface area contributed by atoms with Gasteiger partial charge in [0.2, 0.25) is 0 Å². The van der Waals surface area contributed by atoms with Crippen LogP contribution in [-0.2, 0) is 0 Å². The molecule has 1 rings (SSSR count). The Kier molecular flexibility index (Phi) is 3.33. The summed E-state index contributed by atoms with van der Waals surface area (Å²) in [6, 6.07) is 4.52. The Labute approximate surface area is 71.8 Å². The molecule has 2 heteroatoms. The molecule has 1 N–H and O–H groups in total. The maximum absolute atomic E-state index is 3.78. The van der Waals surface area contributed by atoms with Gasteiger partial charge in [0.15, 0.2) is 0 Å². The standard InChI is InChI=1S/C9H13NS/c1-3-8(10-4-2)9-6-5-7-11-9/h3,5-8,10H,1,4H2,2H3. The molecule has 0 radical (unpaired) electrons. The number of hydrogen-bond acceptors (Lipinski definition) is 2. The minimum Gasteiger partial charge on any atom is -0.306 e. The summed E-state index contributed by atoms with van der Waals surface area (Å²) < 4.78 is 0. The first kappa shape index (κ1) is 8.50. The van der Waals surface area contributed by atoms with E-state index in [0.29, 0.717) is 6.04 Å². The Hall–Kier alpha value is -0.600. The van der Waals surface area contributed by atoms with Crippen LogP contribution in [0.4, 0.5) is 0 Å². The van der Waals surface area contributed by atoms with Crippen LogP contribution >= 0.6 is 11.3 Å². The lowest BCUT2D eigenvalue weighted by atomic mass is 10.2. The van der Waals surface area contributed by atoms with Gasteiger partial charge in [0, 0.05) is 4.88 Å². The molecule has 0 aromatic carbocycles. The third kappa shape index (κ3) is 2.17. The minimum absolute atomic E-state index is 0.333. The first-order chi connectivity index (χ1) is 5.38. The summed E-state index contributed by atoms with van der Waals surface area (Å²) in [7, 11) is 0. The molecule has 11 heavy (non-hydrogen) atoms. The summed E-state index contributed by atoms with van der Waals surface area (Å²) >= 11 is 1.76. The molecule has 0 fully saturated rings. The SMILES string of the molecule is C=CC(NCC)c1cccs1. The topological polar surface area (TPSA) is 12.0 Å². The molecule has 1 atom stereocenters. The Morgan fingerprint density at radius 2 is 2.64 bits per heavy atom. The molecule has 1 nitrogen and oxygen atoms in total. The predicted octanol–water partition coefficient (Wildman–Crippen LogP) is 2.58. The van der Waals surface area contributed by atoms with Crippen molar-refractivity contribution in [3.8, 4) is 0 Å². The number of thiophene rings is 1. The summed E-state index contributed by atoms with van der Waals surface area (Å²) in [6.07, 6.45) is 1.94. The summed E-state index contributed by atoms with van der Waals surface area (Å²) in [4.78, 5) is 1.34. The number of hydrogen-bond donors (Lipinski definition) is 1. The second-order valence-corrected chi connectivity index (χ2v) is 3.27. The van der Waals surface area contributed by atoms with Gasteiger partial charge < -0.3 is 5.32 Å². The maximum Gasteiger partial charge on any atom is 0.0598 e. The molecule has 0 bridgehead atoms. The van der Waals surface area contributed by atoms with Gasteiger partial charge in [-0.2, -0.15) is 0 Å². The van der Waals surface area contributed by atoms with E-state index in [1.807, 2.05) is 6.08 Å². The molecule has 0 amide bonds. The third-order valence-electron chi connectivity index (χ3n) is 1.51. The molecule has 0 saturated carbocycles. The Morgan fingerprint density at radius 3 is 3.09 bits per heavy atom. The van der Waals surface area contributed by atoms with Crippen LogP contribution in [-0.4, -0.2) is 6.54 Å². The fourth-order valence-electron chi connectivity index (χ4n) is 0.988. The zero-order valence-corrected chi connectivity index (χ0v) is 7.53. The highest BCUT2D eigenvalue weighted by Crippen LogP contribution is 2.18. The molecule has 0 saturated heterocycles. The van der Waals surface area contributed by atoms with Gasteiger partial charge in [0.1, 0.15) is 0 Å². The Bertz CT molecular complexity index is 203. The molecular weight excluding hydrogens is 154 g/mol. The molecule has 1 aromatic heterocycles. The van der Waals surface area contributed by atoms with Crippen molar-refractivity contribution in [2.45, 2.75) is 13.0 Å². The second kappa shape index (κ2) is 4.31. The summed E-state index contributed by atoms with van der Waals surface area (Å²) in [5.74, 6) is 0. The van der Waals surface area contributed by atoms with E-state index < -0.39 is 0 Å². The smallest absolute Gasteiger partial charge is 0.0598 e. The quantitative estimate of drug-likeness (QED) is 0.680. The summed E-state index contributed by atoms with van der Waals surface area (Å²) in [5, 5.41) is 5.41. The van der Waals surface area contributed by atoms with Crippen LogP contribution in [0.15, 0.2) is 30.2 Å². The van der Waals surface area contributed by atoms with Crippen molar-refractivity contribution in [2.75, 3.05) is 6.54 Å². The van der Waals surface area contributed by atoms with Crippen LogP contribution in [0.5, 0.6) is 0 Å².